The van der Waals surface area contributed by atoms with Gasteiger partial charge in [-0.25, -0.2) is 0 Å². The lowest BCUT2D eigenvalue weighted by molar-refractivity contribution is 0.0290. The number of aliphatic hydroxyl groups is 1. The van der Waals surface area contributed by atoms with Gasteiger partial charge in [-0.1, -0.05) is 20.8 Å². The summed E-state index contributed by atoms with van der Waals surface area (Å²) in [4.78, 5) is 0. The normalized spacial score (nSPS) is 27.9. The van der Waals surface area contributed by atoms with Gasteiger partial charge in [-0.3, -0.25) is 4.68 Å². The molecular formula is C16H30N2O2Si. The second-order valence-electron chi connectivity index (χ2n) is 7.87. The van der Waals surface area contributed by atoms with E-state index in [2.05, 4.69) is 39.0 Å². The Balaban J connectivity index is 2.00. The summed E-state index contributed by atoms with van der Waals surface area (Å²) < 4.78 is 8.34. The molecule has 1 aliphatic carbocycles. The summed E-state index contributed by atoms with van der Waals surface area (Å²) in [6.45, 7) is 11.4. The Kier molecular flexibility index (Phi) is 4.66. The van der Waals surface area contributed by atoms with Crippen LogP contribution in [0.4, 0.5) is 0 Å². The molecule has 0 aromatic carbocycles. The molecule has 0 saturated heterocycles. The first-order valence-electron chi connectivity index (χ1n) is 7.95. The SMILES string of the molecule is Cn1nccc1C1CCC(O[Si](C)(C)C(C)(C)C)CC1O. The van der Waals surface area contributed by atoms with Crippen LogP contribution >= 0.6 is 0 Å². The van der Waals surface area contributed by atoms with Crippen LogP contribution in [0.1, 0.15) is 51.6 Å². The Morgan fingerprint density at radius 2 is 2.00 bits per heavy atom. The largest absolute Gasteiger partial charge is 0.414 e. The van der Waals surface area contributed by atoms with Crippen molar-refractivity contribution in [3.8, 4) is 0 Å². The molecule has 1 aliphatic rings. The van der Waals surface area contributed by atoms with Crippen molar-refractivity contribution >= 4 is 8.32 Å². The van der Waals surface area contributed by atoms with E-state index in [0.29, 0.717) is 0 Å². The monoisotopic (exact) mass is 310 g/mol. The molecule has 3 atom stereocenters. The van der Waals surface area contributed by atoms with Crippen molar-refractivity contribution in [2.24, 2.45) is 7.05 Å². The van der Waals surface area contributed by atoms with Crippen LogP contribution in [0.5, 0.6) is 0 Å². The zero-order valence-electron chi connectivity index (χ0n) is 14.3. The van der Waals surface area contributed by atoms with Gasteiger partial charge in [0.1, 0.15) is 0 Å². The Labute approximate surface area is 129 Å². The van der Waals surface area contributed by atoms with Crippen LogP contribution < -0.4 is 0 Å². The molecule has 1 aromatic rings. The molecule has 0 spiro atoms. The average molecular weight is 311 g/mol. The molecule has 1 saturated carbocycles. The predicted octanol–water partition coefficient (Wildman–Crippen LogP) is 3.44. The van der Waals surface area contributed by atoms with Gasteiger partial charge >= 0.3 is 0 Å². The van der Waals surface area contributed by atoms with E-state index >= 15 is 0 Å². The summed E-state index contributed by atoms with van der Waals surface area (Å²) >= 11 is 0. The van der Waals surface area contributed by atoms with Crippen LogP contribution in [0, 0.1) is 0 Å². The zero-order valence-corrected chi connectivity index (χ0v) is 15.3. The van der Waals surface area contributed by atoms with Crippen molar-refractivity contribution in [2.45, 2.75) is 76.3 Å². The molecule has 1 fully saturated rings. The van der Waals surface area contributed by atoms with Crippen molar-refractivity contribution in [1.29, 1.82) is 0 Å². The predicted molar refractivity (Wildman–Crippen MR) is 87.9 cm³/mol. The van der Waals surface area contributed by atoms with Crippen molar-refractivity contribution in [2.75, 3.05) is 0 Å². The fraction of sp³-hybridized carbons (Fsp3) is 0.812. The first-order valence-corrected chi connectivity index (χ1v) is 10.9. The number of hydrogen-bond acceptors (Lipinski definition) is 3. The van der Waals surface area contributed by atoms with Crippen LogP contribution in [0.15, 0.2) is 12.3 Å². The minimum Gasteiger partial charge on any atom is -0.414 e. The standard InChI is InChI=1S/C16H30N2O2Si/c1-16(2,3)21(5,6)20-12-7-8-13(15(19)11-12)14-9-10-17-18(14)4/h9-10,12-13,15,19H,7-8,11H2,1-6H3. The number of aromatic nitrogens is 2. The van der Waals surface area contributed by atoms with Crippen LogP contribution in [0.2, 0.25) is 18.1 Å². The molecular weight excluding hydrogens is 280 g/mol. The highest BCUT2D eigenvalue weighted by molar-refractivity contribution is 6.74. The van der Waals surface area contributed by atoms with Gasteiger partial charge in [0.05, 0.1) is 6.10 Å². The third-order valence-electron chi connectivity index (χ3n) is 5.27. The molecule has 0 aliphatic heterocycles. The topological polar surface area (TPSA) is 47.3 Å². The minimum absolute atomic E-state index is 0.191. The second-order valence-corrected chi connectivity index (χ2v) is 12.6. The Morgan fingerprint density at radius 3 is 2.48 bits per heavy atom. The maximum atomic E-state index is 10.5. The Hall–Kier alpha value is -0.653. The fourth-order valence-corrected chi connectivity index (χ4v) is 4.30. The highest BCUT2D eigenvalue weighted by atomic mass is 28.4. The molecule has 0 bridgehead atoms. The van der Waals surface area contributed by atoms with Gasteiger partial charge < -0.3 is 9.53 Å². The lowest BCUT2D eigenvalue weighted by atomic mass is 9.83. The van der Waals surface area contributed by atoms with Gasteiger partial charge in [-0.15, -0.1) is 0 Å². The number of aliphatic hydroxyl groups excluding tert-OH is 1. The summed E-state index contributed by atoms with van der Waals surface area (Å²) in [6.07, 6.45) is 4.41. The average Bonchev–Trinajstić information content (AvgIpc) is 2.73. The van der Waals surface area contributed by atoms with E-state index in [1.54, 1.807) is 6.20 Å². The van der Waals surface area contributed by atoms with E-state index in [1.807, 2.05) is 17.8 Å². The van der Waals surface area contributed by atoms with Crippen LogP contribution in [-0.2, 0) is 11.5 Å². The number of rotatable bonds is 3. The van der Waals surface area contributed by atoms with Gasteiger partial charge in [0.25, 0.3) is 0 Å². The molecule has 1 N–H and O–H groups in total. The number of aryl methyl sites for hydroxylation is 1. The summed E-state index contributed by atoms with van der Waals surface area (Å²) in [5.74, 6) is 0.191. The highest BCUT2D eigenvalue weighted by Crippen LogP contribution is 2.41. The van der Waals surface area contributed by atoms with E-state index in [0.717, 1.165) is 25.0 Å². The number of hydrogen-bond donors (Lipinski definition) is 1. The van der Waals surface area contributed by atoms with E-state index in [4.69, 9.17) is 4.43 Å². The van der Waals surface area contributed by atoms with Gasteiger partial charge in [0, 0.05) is 31.0 Å². The van der Waals surface area contributed by atoms with E-state index < -0.39 is 8.32 Å². The molecule has 0 radical (unpaired) electrons. The first kappa shape index (κ1) is 16.7. The van der Waals surface area contributed by atoms with Gasteiger partial charge in [-0.05, 0) is 43.5 Å². The molecule has 2 rings (SSSR count). The summed E-state index contributed by atoms with van der Waals surface area (Å²) in [5.41, 5.74) is 1.13. The van der Waals surface area contributed by atoms with Crippen molar-refractivity contribution in [3.63, 3.8) is 0 Å². The van der Waals surface area contributed by atoms with Crippen molar-refractivity contribution in [1.82, 2.24) is 9.78 Å². The summed E-state index contributed by atoms with van der Waals surface area (Å²) in [6, 6.07) is 2.02. The minimum atomic E-state index is -1.75. The smallest absolute Gasteiger partial charge is 0.192 e. The number of nitrogens with zero attached hydrogens (tertiary/aromatic N) is 2. The molecule has 0 amide bonds. The van der Waals surface area contributed by atoms with Gasteiger partial charge in [0.2, 0.25) is 0 Å². The van der Waals surface area contributed by atoms with Crippen molar-refractivity contribution < 1.29 is 9.53 Å². The molecule has 21 heavy (non-hydrogen) atoms. The van der Waals surface area contributed by atoms with Crippen molar-refractivity contribution in [3.05, 3.63) is 18.0 Å². The van der Waals surface area contributed by atoms with E-state index in [9.17, 15) is 5.11 Å². The summed E-state index contributed by atoms with van der Waals surface area (Å²) in [7, 11) is 0.195. The van der Waals surface area contributed by atoms with Gasteiger partial charge in [0.15, 0.2) is 8.32 Å². The van der Waals surface area contributed by atoms with E-state index in [-0.39, 0.29) is 23.2 Å². The highest BCUT2D eigenvalue weighted by Gasteiger charge is 2.41. The molecule has 4 nitrogen and oxygen atoms in total. The lowest BCUT2D eigenvalue weighted by Crippen LogP contribution is -2.46. The first-order chi connectivity index (χ1) is 9.62. The molecule has 5 heteroatoms. The maximum absolute atomic E-state index is 10.5. The molecule has 3 unspecified atom stereocenters. The molecule has 1 heterocycles. The van der Waals surface area contributed by atoms with Crippen LogP contribution in [-0.4, -0.2) is 35.4 Å². The quantitative estimate of drug-likeness (QED) is 0.870. The van der Waals surface area contributed by atoms with Gasteiger partial charge in [-0.2, -0.15) is 5.10 Å². The Bertz CT molecular complexity index is 479. The third kappa shape index (κ3) is 3.58. The summed E-state index contributed by atoms with van der Waals surface area (Å²) in [5, 5.41) is 15.0. The van der Waals surface area contributed by atoms with E-state index in [1.165, 1.54) is 0 Å². The lowest BCUT2D eigenvalue weighted by Gasteiger charge is -2.42. The maximum Gasteiger partial charge on any atom is 0.192 e. The Morgan fingerprint density at radius 1 is 1.33 bits per heavy atom. The third-order valence-corrected chi connectivity index (χ3v) is 9.81. The van der Waals surface area contributed by atoms with Crippen LogP contribution in [0.3, 0.4) is 0 Å². The molecule has 120 valence electrons. The van der Waals surface area contributed by atoms with Crippen LogP contribution in [0.25, 0.3) is 0 Å². The molecule has 1 aromatic heterocycles. The second kappa shape index (κ2) is 5.86. The zero-order chi connectivity index (χ0) is 15.8. The fourth-order valence-electron chi connectivity index (χ4n) is 2.90.